The number of hydrogen-bond donors (Lipinski definition) is 1. The summed E-state index contributed by atoms with van der Waals surface area (Å²) >= 11 is 1.17. The van der Waals surface area contributed by atoms with Crippen molar-refractivity contribution < 1.29 is 9.59 Å². The van der Waals surface area contributed by atoms with Gasteiger partial charge in [-0.15, -0.1) is 10.2 Å². The molecule has 30 heavy (non-hydrogen) atoms. The standard InChI is InChI=1S/C20H23N7O2S/c1-14(22)16(10-21)17(28)13-30-20-25-24-18(27(20)15-6-5-8-23-11-15)12-26-9-4-2-3-7-19(26)29/h5-6,8,11H,2-4,7,9,12-13,22H2,1H3/b16-14+. The van der Waals surface area contributed by atoms with Crippen LogP contribution in [0.2, 0.25) is 0 Å². The highest BCUT2D eigenvalue weighted by Gasteiger charge is 2.23. The number of aromatic nitrogens is 4. The van der Waals surface area contributed by atoms with Crippen LogP contribution in [0.5, 0.6) is 0 Å². The summed E-state index contributed by atoms with van der Waals surface area (Å²) < 4.78 is 1.80. The molecule has 0 aromatic carbocycles. The lowest BCUT2D eigenvalue weighted by atomic mass is 10.2. The van der Waals surface area contributed by atoms with Crippen molar-refractivity contribution in [3.05, 3.63) is 41.6 Å². The Morgan fingerprint density at radius 1 is 1.33 bits per heavy atom. The normalized spacial score (nSPS) is 15.3. The predicted molar refractivity (Wildman–Crippen MR) is 111 cm³/mol. The zero-order valence-corrected chi connectivity index (χ0v) is 17.6. The van der Waals surface area contributed by atoms with Crippen LogP contribution in [0.15, 0.2) is 41.0 Å². The van der Waals surface area contributed by atoms with Gasteiger partial charge >= 0.3 is 0 Å². The largest absolute Gasteiger partial charge is 0.401 e. The van der Waals surface area contributed by atoms with Gasteiger partial charge in [-0.25, -0.2) is 0 Å². The predicted octanol–water partition coefficient (Wildman–Crippen LogP) is 1.98. The molecule has 0 bridgehead atoms. The molecule has 156 valence electrons. The highest BCUT2D eigenvalue weighted by Crippen LogP contribution is 2.24. The zero-order valence-electron chi connectivity index (χ0n) is 16.7. The Hall–Kier alpha value is -3.19. The first-order valence-electron chi connectivity index (χ1n) is 9.66. The molecule has 0 spiro atoms. The molecule has 0 atom stereocenters. The summed E-state index contributed by atoms with van der Waals surface area (Å²) in [6, 6.07) is 5.51. The zero-order chi connectivity index (χ0) is 21.5. The van der Waals surface area contributed by atoms with Crippen molar-refractivity contribution in [3.8, 4) is 11.8 Å². The first-order valence-corrected chi connectivity index (χ1v) is 10.6. The van der Waals surface area contributed by atoms with E-state index in [-0.39, 0.29) is 28.7 Å². The Labute approximate surface area is 179 Å². The van der Waals surface area contributed by atoms with E-state index in [9.17, 15) is 9.59 Å². The molecule has 3 heterocycles. The van der Waals surface area contributed by atoms with Crippen LogP contribution in [0.3, 0.4) is 0 Å². The molecule has 9 nitrogen and oxygen atoms in total. The fourth-order valence-electron chi connectivity index (χ4n) is 3.19. The third-order valence-corrected chi connectivity index (χ3v) is 5.65. The van der Waals surface area contributed by atoms with E-state index >= 15 is 0 Å². The fourth-order valence-corrected chi connectivity index (χ4v) is 4.03. The van der Waals surface area contributed by atoms with Gasteiger partial charge in [0.05, 0.1) is 24.2 Å². The highest BCUT2D eigenvalue weighted by molar-refractivity contribution is 7.99. The molecule has 2 aromatic heterocycles. The summed E-state index contributed by atoms with van der Waals surface area (Å²) in [5.74, 6) is 0.338. The van der Waals surface area contributed by atoms with Gasteiger partial charge in [0.1, 0.15) is 11.6 Å². The van der Waals surface area contributed by atoms with E-state index in [2.05, 4.69) is 15.2 Å². The summed E-state index contributed by atoms with van der Waals surface area (Å²) in [5, 5.41) is 18.1. The number of nitriles is 1. The molecule has 1 fully saturated rings. The molecule has 1 saturated heterocycles. The smallest absolute Gasteiger partial charge is 0.222 e. The van der Waals surface area contributed by atoms with Crippen molar-refractivity contribution in [2.75, 3.05) is 12.3 Å². The summed E-state index contributed by atoms with van der Waals surface area (Å²) in [7, 11) is 0. The first kappa shape index (κ1) is 21.5. The fraction of sp³-hybridized carbons (Fsp3) is 0.400. The number of allylic oxidation sites excluding steroid dienone is 2. The third kappa shape index (κ3) is 5.04. The van der Waals surface area contributed by atoms with Crippen LogP contribution in [-0.2, 0) is 16.1 Å². The minimum absolute atomic E-state index is 0.00151. The Kier molecular flexibility index (Phi) is 7.19. The van der Waals surface area contributed by atoms with E-state index in [1.165, 1.54) is 18.7 Å². The molecule has 0 aliphatic carbocycles. The number of ketones is 1. The average molecular weight is 426 g/mol. The molecule has 2 aromatic rings. The van der Waals surface area contributed by atoms with Crippen molar-refractivity contribution >= 4 is 23.5 Å². The second kappa shape index (κ2) is 10.0. The van der Waals surface area contributed by atoms with E-state index in [0.717, 1.165) is 24.9 Å². The lowest BCUT2D eigenvalue weighted by Gasteiger charge is -2.20. The molecule has 1 aliphatic rings. The van der Waals surface area contributed by atoms with Gasteiger partial charge in [-0.2, -0.15) is 5.26 Å². The second-order valence-corrected chi connectivity index (χ2v) is 7.90. The maximum absolute atomic E-state index is 12.4. The van der Waals surface area contributed by atoms with Crippen molar-refractivity contribution in [1.29, 1.82) is 5.26 Å². The van der Waals surface area contributed by atoms with E-state index in [1.807, 2.05) is 12.1 Å². The number of thioether (sulfide) groups is 1. The number of carbonyl (C=O) groups excluding carboxylic acids is 2. The van der Waals surface area contributed by atoms with Gasteiger partial charge in [-0.1, -0.05) is 18.2 Å². The third-order valence-electron chi connectivity index (χ3n) is 4.73. The number of hydrogen-bond acceptors (Lipinski definition) is 8. The van der Waals surface area contributed by atoms with Gasteiger partial charge in [0.2, 0.25) is 5.91 Å². The van der Waals surface area contributed by atoms with Gasteiger partial charge in [0, 0.05) is 24.9 Å². The number of nitrogens with two attached hydrogens (primary N) is 1. The molecule has 3 rings (SSSR count). The van der Waals surface area contributed by atoms with Crippen molar-refractivity contribution in [1.82, 2.24) is 24.6 Å². The van der Waals surface area contributed by atoms with Crippen molar-refractivity contribution in [2.45, 2.75) is 44.3 Å². The molecule has 0 radical (unpaired) electrons. The number of amides is 1. The second-order valence-electron chi connectivity index (χ2n) is 6.95. The van der Waals surface area contributed by atoms with E-state index < -0.39 is 0 Å². The highest BCUT2D eigenvalue weighted by atomic mass is 32.2. The number of pyridine rings is 1. The van der Waals surface area contributed by atoms with Crippen LogP contribution >= 0.6 is 11.8 Å². The van der Waals surface area contributed by atoms with Crippen LogP contribution in [0.4, 0.5) is 0 Å². The topological polar surface area (TPSA) is 131 Å². The van der Waals surface area contributed by atoms with Gasteiger partial charge in [-0.05, 0) is 31.9 Å². The average Bonchev–Trinajstić information content (AvgIpc) is 3.02. The van der Waals surface area contributed by atoms with Crippen LogP contribution in [0.1, 0.15) is 38.4 Å². The van der Waals surface area contributed by atoms with Crippen LogP contribution in [0, 0.1) is 11.3 Å². The Morgan fingerprint density at radius 2 is 2.17 bits per heavy atom. The summed E-state index contributed by atoms with van der Waals surface area (Å²) in [4.78, 5) is 30.7. The minimum Gasteiger partial charge on any atom is -0.401 e. The molecule has 1 aliphatic heterocycles. The first-order chi connectivity index (χ1) is 14.5. The molecule has 1 amide bonds. The van der Waals surface area contributed by atoms with E-state index in [1.54, 1.807) is 27.9 Å². The molecule has 10 heteroatoms. The molecule has 0 saturated carbocycles. The summed E-state index contributed by atoms with van der Waals surface area (Å²) in [6.45, 7) is 2.54. The Morgan fingerprint density at radius 3 is 2.87 bits per heavy atom. The maximum Gasteiger partial charge on any atom is 0.222 e. The molecular weight excluding hydrogens is 402 g/mol. The van der Waals surface area contributed by atoms with Crippen molar-refractivity contribution in [3.63, 3.8) is 0 Å². The van der Waals surface area contributed by atoms with Gasteiger partial charge < -0.3 is 10.6 Å². The molecule has 2 N–H and O–H groups in total. The minimum atomic E-state index is -0.368. The van der Waals surface area contributed by atoms with Crippen LogP contribution < -0.4 is 5.73 Å². The van der Waals surface area contributed by atoms with E-state index in [0.29, 0.717) is 30.5 Å². The number of nitrogens with zero attached hydrogens (tertiary/aromatic N) is 6. The van der Waals surface area contributed by atoms with Gasteiger partial charge in [0.15, 0.2) is 16.8 Å². The lowest BCUT2D eigenvalue weighted by Crippen LogP contribution is -2.31. The van der Waals surface area contributed by atoms with Crippen molar-refractivity contribution in [2.24, 2.45) is 5.73 Å². The number of likely N-dealkylation sites (tertiary alicyclic amines) is 1. The summed E-state index contributed by atoms with van der Waals surface area (Å²) in [6.07, 6.45) is 6.78. The monoisotopic (exact) mass is 425 g/mol. The van der Waals surface area contributed by atoms with Crippen LogP contribution in [-0.4, -0.2) is 48.6 Å². The lowest BCUT2D eigenvalue weighted by molar-refractivity contribution is -0.131. The van der Waals surface area contributed by atoms with Crippen LogP contribution in [0.25, 0.3) is 5.69 Å². The number of Topliss-reactive ketones (excluding diaryl/α,β-unsaturated/α-hetero) is 1. The molecular formula is C20H23N7O2S. The quantitative estimate of drug-likeness (QED) is 0.405. The SMILES string of the molecule is C/C(N)=C(/C#N)C(=O)CSc1nnc(CN2CCCCCC2=O)n1-c1cccnc1. The number of rotatable bonds is 7. The van der Waals surface area contributed by atoms with Gasteiger partial charge in [-0.3, -0.25) is 19.1 Å². The number of carbonyl (C=O) groups is 2. The summed E-state index contributed by atoms with van der Waals surface area (Å²) in [5.41, 5.74) is 6.50. The van der Waals surface area contributed by atoms with E-state index in [4.69, 9.17) is 11.0 Å². The maximum atomic E-state index is 12.4. The Bertz CT molecular complexity index is 990. The molecule has 0 unspecified atom stereocenters. The van der Waals surface area contributed by atoms with Gasteiger partial charge in [0.25, 0.3) is 0 Å². The Balaban J connectivity index is 1.87.